The zero-order valence-corrected chi connectivity index (χ0v) is 12.4. The molecule has 1 amide bonds. The van der Waals surface area contributed by atoms with Crippen molar-refractivity contribution in [3.8, 4) is 0 Å². The van der Waals surface area contributed by atoms with Crippen LogP contribution in [0.15, 0.2) is 18.2 Å². The molecule has 4 nitrogen and oxygen atoms in total. The maximum absolute atomic E-state index is 12.5. The highest BCUT2D eigenvalue weighted by Crippen LogP contribution is 2.32. The van der Waals surface area contributed by atoms with Gasteiger partial charge < -0.3 is 10.0 Å². The van der Waals surface area contributed by atoms with E-state index in [0.29, 0.717) is 36.5 Å². The Balaban J connectivity index is 2.13. The second kappa shape index (κ2) is 5.44. The number of aliphatic carboxylic acids is 1. The fourth-order valence-electron chi connectivity index (χ4n) is 2.41. The van der Waals surface area contributed by atoms with E-state index in [0.717, 1.165) is 5.56 Å². The molecular formula is C15H18ClNO3. The number of carboxylic acid groups (broad SMARTS) is 1. The maximum atomic E-state index is 12.5. The van der Waals surface area contributed by atoms with E-state index in [4.69, 9.17) is 11.6 Å². The van der Waals surface area contributed by atoms with Crippen molar-refractivity contribution in [2.24, 2.45) is 5.41 Å². The molecule has 0 aromatic heterocycles. The molecule has 2 rings (SSSR count). The first kappa shape index (κ1) is 14.9. The number of hydrogen-bond acceptors (Lipinski definition) is 2. The summed E-state index contributed by atoms with van der Waals surface area (Å²) in [4.78, 5) is 25.4. The minimum Gasteiger partial charge on any atom is -0.481 e. The Morgan fingerprint density at radius 3 is 2.45 bits per heavy atom. The lowest BCUT2D eigenvalue weighted by atomic mass is 9.80. The number of carboxylic acids is 1. The Morgan fingerprint density at radius 2 is 1.90 bits per heavy atom. The van der Waals surface area contributed by atoms with E-state index in [2.05, 4.69) is 0 Å². The van der Waals surface area contributed by atoms with Crippen LogP contribution in [0.5, 0.6) is 0 Å². The van der Waals surface area contributed by atoms with E-state index < -0.39 is 11.4 Å². The largest absolute Gasteiger partial charge is 0.481 e. The van der Waals surface area contributed by atoms with E-state index in [1.165, 1.54) is 0 Å². The number of halogens is 1. The summed E-state index contributed by atoms with van der Waals surface area (Å²) < 4.78 is 0. The Morgan fingerprint density at radius 1 is 1.30 bits per heavy atom. The predicted molar refractivity (Wildman–Crippen MR) is 77.1 cm³/mol. The van der Waals surface area contributed by atoms with E-state index in [1.54, 1.807) is 24.0 Å². The zero-order chi connectivity index (χ0) is 14.9. The molecule has 0 radical (unpaired) electrons. The van der Waals surface area contributed by atoms with E-state index in [-0.39, 0.29) is 5.91 Å². The van der Waals surface area contributed by atoms with Crippen LogP contribution >= 0.6 is 11.6 Å². The van der Waals surface area contributed by atoms with Crippen LogP contribution in [0, 0.1) is 12.3 Å². The third-order valence-corrected chi connectivity index (χ3v) is 4.34. The average molecular weight is 296 g/mol. The van der Waals surface area contributed by atoms with Crippen LogP contribution in [0.3, 0.4) is 0 Å². The van der Waals surface area contributed by atoms with Crippen LogP contribution in [-0.2, 0) is 4.79 Å². The molecule has 1 N–H and O–H groups in total. The van der Waals surface area contributed by atoms with E-state index >= 15 is 0 Å². The second-order valence-corrected chi connectivity index (χ2v) is 6.05. The number of piperidine rings is 1. The van der Waals surface area contributed by atoms with Crippen LogP contribution in [0.25, 0.3) is 0 Å². The lowest BCUT2D eigenvalue weighted by Crippen LogP contribution is -2.45. The highest BCUT2D eigenvalue weighted by Gasteiger charge is 2.38. The number of nitrogens with zero attached hydrogens (tertiary/aromatic N) is 1. The second-order valence-electron chi connectivity index (χ2n) is 5.62. The van der Waals surface area contributed by atoms with E-state index in [9.17, 15) is 14.7 Å². The van der Waals surface area contributed by atoms with Crippen molar-refractivity contribution in [1.82, 2.24) is 4.90 Å². The average Bonchev–Trinajstić information content (AvgIpc) is 2.41. The number of carbonyl (C=O) groups is 2. The normalized spacial score (nSPS) is 17.9. The molecule has 108 valence electrons. The summed E-state index contributed by atoms with van der Waals surface area (Å²) in [6, 6.07) is 5.25. The van der Waals surface area contributed by atoms with Crippen molar-refractivity contribution in [1.29, 1.82) is 0 Å². The molecule has 1 heterocycles. The summed E-state index contributed by atoms with van der Waals surface area (Å²) in [5.41, 5.74) is 0.752. The molecule has 1 aliphatic heterocycles. The molecular weight excluding hydrogens is 278 g/mol. The van der Waals surface area contributed by atoms with Crippen LogP contribution < -0.4 is 0 Å². The molecule has 20 heavy (non-hydrogen) atoms. The highest BCUT2D eigenvalue weighted by atomic mass is 35.5. The number of likely N-dealkylation sites (tertiary alicyclic amines) is 1. The monoisotopic (exact) mass is 295 g/mol. The molecule has 0 bridgehead atoms. The van der Waals surface area contributed by atoms with Gasteiger partial charge in [-0.15, -0.1) is 0 Å². The standard InChI is InChI=1S/C15H18ClNO3/c1-10-3-4-11(16)9-12(10)13(18)17-7-5-15(2,6-8-17)14(19)20/h3-4,9H,5-8H2,1-2H3,(H,19,20). The van der Waals surface area contributed by atoms with Gasteiger partial charge in [-0.3, -0.25) is 9.59 Å². The van der Waals surface area contributed by atoms with Crippen LogP contribution in [0.1, 0.15) is 35.7 Å². The van der Waals surface area contributed by atoms with E-state index in [1.807, 2.05) is 13.0 Å². The van der Waals surface area contributed by atoms with Crippen molar-refractivity contribution >= 4 is 23.5 Å². The molecule has 1 fully saturated rings. The lowest BCUT2D eigenvalue weighted by Gasteiger charge is -2.36. The molecule has 0 atom stereocenters. The van der Waals surface area contributed by atoms with Gasteiger partial charge in [0.2, 0.25) is 0 Å². The number of hydrogen-bond donors (Lipinski definition) is 1. The molecule has 0 saturated carbocycles. The molecule has 0 aliphatic carbocycles. The summed E-state index contributed by atoms with van der Waals surface area (Å²) in [5, 5.41) is 9.73. The number of amides is 1. The first-order valence-electron chi connectivity index (χ1n) is 6.62. The Labute approximate surface area is 123 Å². The van der Waals surface area contributed by atoms with Gasteiger partial charge >= 0.3 is 5.97 Å². The van der Waals surface area contributed by atoms with Gasteiger partial charge in [-0.25, -0.2) is 0 Å². The topological polar surface area (TPSA) is 57.6 Å². The van der Waals surface area contributed by atoms with Gasteiger partial charge in [-0.05, 0) is 44.4 Å². The van der Waals surface area contributed by atoms with Gasteiger partial charge in [0, 0.05) is 23.7 Å². The third kappa shape index (κ3) is 2.80. The Kier molecular flexibility index (Phi) is 4.04. The number of benzene rings is 1. The van der Waals surface area contributed by atoms with Crippen molar-refractivity contribution < 1.29 is 14.7 Å². The molecule has 1 aliphatic rings. The minimum atomic E-state index is -0.788. The molecule has 1 aromatic carbocycles. The van der Waals surface area contributed by atoms with Crippen molar-refractivity contribution in [3.05, 3.63) is 34.3 Å². The first-order valence-corrected chi connectivity index (χ1v) is 7.00. The van der Waals surface area contributed by atoms with Gasteiger partial charge in [0.15, 0.2) is 0 Å². The maximum Gasteiger partial charge on any atom is 0.309 e. The van der Waals surface area contributed by atoms with Gasteiger partial charge in [0.05, 0.1) is 5.41 Å². The van der Waals surface area contributed by atoms with Crippen LogP contribution in [0.4, 0.5) is 0 Å². The highest BCUT2D eigenvalue weighted by molar-refractivity contribution is 6.31. The number of rotatable bonds is 2. The summed E-state index contributed by atoms with van der Waals surface area (Å²) in [5.74, 6) is -0.860. The fraction of sp³-hybridized carbons (Fsp3) is 0.467. The smallest absolute Gasteiger partial charge is 0.309 e. The first-order chi connectivity index (χ1) is 9.33. The molecule has 5 heteroatoms. The zero-order valence-electron chi connectivity index (χ0n) is 11.6. The number of aryl methyl sites for hydroxylation is 1. The fourth-order valence-corrected chi connectivity index (χ4v) is 2.58. The molecule has 0 unspecified atom stereocenters. The summed E-state index contributed by atoms with van der Waals surface area (Å²) in [6.45, 7) is 4.54. The molecule has 1 aromatic rings. The summed E-state index contributed by atoms with van der Waals surface area (Å²) in [7, 11) is 0. The van der Waals surface area contributed by atoms with Crippen molar-refractivity contribution in [2.45, 2.75) is 26.7 Å². The SMILES string of the molecule is Cc1ccc(Cl)cc1C(=O)N1CCC(C)(C(=O)O)CC1. The van der Waals surface area contributed by atoms with Crippen molar-refractivity contribution in [2.75, 3.05) is 13.1 Å². The van der Waals surface area contributed by atoms with Crippen LogP contribution in [0.2, 0.25) is 5.02 Å². The summed E-state index contributed by atoms with van der Waals surface area (Å²) in [6.07, 6.45) is 0.960. The summed E-state index contributed by atoms with van der Waals surface area (Å²) >= 11 is 5.94. The quantitative estimate of drug-likeness (QED) is 0.912. The Hall–Kier alpha value is -1.55. The lowest BCUT2D eigenvalue weighted by molar-refractivity contribution is -0.150. The third-order valence-electron chi connectivity index (χ3n) is 4.10. The van der Waals surface area contributed by atoms with Gasteiger partial charge in [0.25, 0.3) is 5.91 Å². The molecule has 0 spiro atoms. The van der Waals surface area contributed by atoms with Crippen LogP contribution in [-0.4, -0.2) is 35.0 Å². The van der Waals surface area contributed by atoms with Gasteiger partial charge in [-0.2, -0.15) is 0 Å². The van der Waals surface area contributed by atoms with Crippen molar-refractivity contribution in [3.63, 3.8) is 0 Å². The minimum absolute atomic E-state index is 0.0718. The Bertz CT molecular complexity index is 548. The van der Waals surface area contributed by atoms with Gasteiger partial charge in [-0.1, -0.05) is 17.7 Å². The molecule has 1 saturated heterocycles. The predicted octanol–water partition coefficient (Wildman–Crippen LogP) is 2.98. The number of carbonyl (C=O) groups excluding carboxylic acids is 1. The van der Waals surface area contributed by atoms with Gasteiger partial charge in [0.1, 0.15) is 0 Å².